The van der Waals surface area contributed by atoms with E-state index in [0.717, 1.165) is 18.9 Å². The molecule has 0 radical (unpaired) electrons. The van der Waals surface area contributed by atoms with Crippen molar-refractivity contribution in [2.75, 3.05) is 51.0 Å². The van der Waals surface area contributed by atoms with Crippen LogP contribution in [0.1, 0.15) is 26.2 Å². The van der Waals surface area contributed by atoms with Gasteiger partial charge in [0.15, 0.2) is 0 Å². The molecule has 0 unspecified atom stereocenters. The fourth-order valence-electron chi connectivity index (χ4n) is 2.48. The molecule has 1 fully saturated rings. The van der Waals surface area contributed by atoms with Crippen LogP contribution in [-0.4, -0.2) is 60.2 Å². The normalized spacial score (nSPS) is 16.7. The molecule has 2 rings (SSSR count). The number of rotatable bonds is 7. The molecule has 0 bridgehead atoms. The lowest BCUT2D eigenvalue weighted by Crippen LogP contribution is -2.30. The van der Waals surface area contributed by atoms with Crippen molar-refractivity contribution in [3.63, 3.8) is 0 Å². The summed E-state index contributed by atoms with van der Waals surface area (Å²) in [6.07, 6.45) is 3.71. The van der Waals surface area contributed by atoms with Crippen LogP contribution in [0.15, 0.2) is 0 Å². The minimum atomic E-state index is 0.360. The number of nitrogens with zero attached hydrogens (tertiary/aromatic N) is 4. The van der Waals surface area contributed by atoms with Crippen molar-refractivity contribution >= 4 is 11.9 Å². The van der Waals surface area contributed by atoms with Crippen molar-refractivity contribution in [3.05, 3.63) is 0 Å². The van der Waals surface area contributed by atoms with Crippen molar-refractivity contribution in [2.24, 2.45) is 5.92 Å². The zero-order valence-electron chi connectivity index (χ0n) is 13.2. The number of anilines is 2. The second-order valence-electron chi connectivity index (χ2n) is 5.41. The highest BCUT2D eigenvalue weighted by Gasteiger charge is 2.16. The van der Waals surface area contributed by atoms with Gasteiger partial charge in [-0.2, -0.15) is 15.0 Å². The van der Waals surface area contributed by atoms with E-state index in [1.165, 1.54) is 25.9 Å². The SMILES string of the molecule is CCOc1nc(NC)nc(NCCC2CCN(C)CC2)n1. The maximum Gasteiger partial charge on any atom is 0.323 e. The molecule has 0 atom stereocenters. The van der Waals surface area contributed by atoms with Gasteiger partial charge in [-0.15, -0.1) is 0 Å². The smallest absolute Gasteiger partial charge is 0.323 e. The van der Waals surface area contributed by atoms with E-state index < -0.39 is 0 Å². The van der Waals surface area contributed by atoms with Crippen LogP contribution < -0.4 is 15.4 Å². The Morgan fingerprint density at radius 2 is 1.90 bits per heavy atom. The number of likely N-dealkylation sites (tertiary alicyclic amines) is 1. The first-order valence-corrected chi connectivity index (χ1v) is 7.70. The predicted octanol–water partition coefficient (Wildman–Crippen LogP) is 1.46. The van der Waals surface area contributed by atoms with E-state index in [1.807, 2.05) is 6.92 Å². The summed E-state index contributed by atoms with van der Waals surface area (Å²) in [6, 6.07) is 0.360. The lowest BCUT2D eigenvalue weighted by atomic mass is 9.94. The maximum atomic E-state index is 5.35. The summed E-state index contributed by atoms with van der Waals surface area (Å²) in [5.74, 6) is 1.90. The van der Waals surface area contributed by atoms with E-state index in [0.29, 0.717) is 24.5 Å². The standard InChI is InChI=1S/C14H26N6O/c1-4-21-14-18-12(15-2)17-13(19-14)16-8-5-11-6-9-20(3)10-7-11/h11H,4-10H2,1-3H3,(H2,15,16,17,18,19). The van der Waals surface area contributed by atoms with E-state index >= 15 is 0 Å². The highest BCUT2D eigenvalue weighted by Crippen LogP contribution is 2.19. The molecular formula is C14H26N6O. The fraction of sp³-hybridized carbons (Fsp3) is 0.786. The largest absolute Gasteiger partial charge is 0.464 e. The number of hydrogen-bond donors (Lipinski definition) is 2. The second-order valence-corrected chi connectivity index (χ2v) is 5.41. The number of aromatic nitrogens is 3. The Labute approximate surface area is 126 Å². The Balaban J connectivity index is 1.83. The first-order valence-electron chi connectivity index (χ1n) is 7.70. The summed E-state index contributed by atoms with van der Waals surface area (Å²) >= 11 is 0. The van der Waals surface area contributed by atoms with Crippen LogP contribution in [0.2, 0.25) is 0 Å². The molecule has 118 valence electrons. The summed E-state index contributed by atoms with van der Waals surface area (Å²) < 4.78 is 5.35. The van der Waals surface area contributed by atoms with Gasteiger partial charge >= 0.3 is 6.01 Å². The van der Waals surface area contributed by atoms with E-state index in [-0.39, 0.29) is 0 Å². The molecule has 1 aromatic rings. The lowest BCUT2D eigenvalue weighted by Gasteiger charge is -2.28. The third-order valence-electron chi connectivity index (χ3n) is 3.79. The van der Waals surface area contributed by atoms with E-state index in [2.05, 4.69) is 37.5 Å². The van der Waals surface area contributed by atoms with Crippen LogP contribution in [0.5, 0.6) is 6.01 Å². The van der Waals surface area contributed by atoms with Crippen LogP contribution in [0, 0.1) is 5.92 Å². The molecule has 2 N–H and O–H groups in total. The Hall–Kier alpha value is -1.63. The van der Waals surface area contributed by atoms with Gasteiger partial charge in [0.1, 0.15) is 0 Å². The second kappa shape index (κ2) is 7.97. The van der Waals surface area contributed by atoms with Gasteiger partial charge in [-0.1, -0.05) is 0 Å². The Kier molecular flexibility index (Phi) is 5.98. The molecule has 0 aliphatic carbocycles. The first-order chi connectivity index (χ1) is 10.2. The van der Waals surface area contributed by atoms with Gasteiger partial charge in [0.2, 0.25) is 11.9 Å². The highest BCUT2D eigenvalue weighted by molar-refractivity contribution is 5.35. The highest BCUT2D eigenvalue weighted by atomic mass is 16.5. The van der Waals surface area contributed by atoms with Crippen LogP contribution in [0.3, 0.4) is 0 Å². The van der Waals surface area contributed by atoms with Gasteiger partial charge in [-0.3, -0.25) is 0 Å². The zero-order valence-corrected chi connectivity index (χ0v) is 13.2. The molecule has 1 aromatic heterocycles. The van der Waals surface area contributed by atoms with Crippen molar-refractivity contribution in [1.29, 1.82) is 0 Å². The number of nitrogens with one attached hydrogen (secondary N) is 2. The molecule has 0 amide bonds. The lowest BCUT2D eigenvalue weighted by molar-refractivity contribution is 0.215. The van der Waals surface area contributed by atoms with Crippen molar-refractivity contribution in [1.82, 2.24) is 19.9 Å². The molecule has 7 heteroatoms. The summed E-state index contributed by atoms with van der Waals surface area (Å²) in [7, 11) is 3.97. The molecule has 0 aromatic carbocycles. The van der Waals surface area contributed by atoms with Gasteiger partial charge in [0.25, 0.3) is 0 Å². The Bertz CT molecular complexity index is 433. The van der Waals surface area contributed by atoms with Gasteiger partial charge in [-0.05, 0) is 52.2 Å². The molecule has 1 aliphatic rings. The molecular weight excluding hydrogens is 268 g/mol. The van der Waals surface area contributed by atoms with Crippen molar-refractivity contribution < 1.29 is 4.74 Å². The van der Waals surface area contributed by atoms with Gasteiger partial charge < -0.3 is 20.3 Å². The Morgan fingerprint density at radius 3 is 2.57 bits per heavy atom. The number of hydrogen-bond acceptors (Lipinski definition) is 7. The molecule has 2 heterocycles. The third kappa shape index (κ3) is 5.00. The Morgan fingerprint density at radius 1 is 1.19 bits per heavy atom. The predicted molar refractivity (Wildman–Crippen MR) is 83.9 cm³/mol. The minimum Gasteiger partial charge on any atom is -0.464 e. The molecule has 0 saturated carbocycles. The third-order valence-corrected chi connectivity index (χ3v) is 3.79. The molecule has 7 nitrogen and oxygen atoms in total. The monoisotopic (exact) mass is 294 g/mol. The van der Waals surface area contributed by atoms with E-state index in [1.54, 1.807) is 7.05 Å². The van der Waals surface area contributed by atoms with Crippen molar-refractivity contribution in [2.45, 2.75) is 26.2 Å². The summed E-state index contributed by atoms with van der Waals surface area (Å²) in [5.41, 5.74) is 0. The van der Waals surface area contributed by atoms with Gasteiger partial charge in [-0.25, -0.2) is 0 Å². The molecule has 1 aliphatic heterocycles. The summed E-state index contributed by atoms with van der Waals surface area (Å²) in [5, 5.41) is 6.20. The van der Waals surface area contributed by atoms with Crippen molar-refractivity contribution in [3.8, 4) is 6.01 Å². The van der Waals surface area contributed by atoms with Crippen LogP contribution >= 0.6 is 0 Å². The molecule has 21 heavy (non-hydrogen) atoms. The average molecular weight is 294 g/mol. The number of ether oxygens (including phenoxy) is 1. The molecule has 0 spiro atoms. The van der Waals surface area contributed by atoms with E-state index in [9.17, 15) is 0 Å². The number of piperidine rings is 1. The zero-order chi connectivity index (χ0) is 15.1. The topological polar surface area (TPSA) is 75.2 Å². The molecule has 1 saturated heterocycles. The van der Waals surface area contributed by atoms with Gasteiger partial charge in [0, 0.05) is 13.6 Å². The van der Waals surface area contributed by atoms with E-state index in [4.69, 9.17) is 4.74 Å². The van der Waals surface area contributed by atoms with Crippen LogP contribution in [0.25, 0.3) is 0 Å². The average Bonchev–Trinajstić information content (AvgIpc) is 2.49. The first kappa shape index (κ1) is 15.8. The van der Waals surface area contributed by atoms with Gasteiger partial charge in [0.05, 0.1) is 6.61 Å². The van der Waals surface area contributed by atoms with Crippen LogP contribution in [-0.2, 0) is 0 Å². The maximum absolute atomic E-state index is 5.35. The van der Waals surface area contributed by atoms with Crippen LogP contribution in [0.4, 0.5) is 11.9 Å². The fourth-order valence-corrected chi connectivity index (χ4v) is 2.48. The quantitative estimate of drug-likeness (QED) is 0.788. The summed E-state index contributed by atoms with van der Waals surface area (Å²) in [4.78, 5) is 15.1. The summed E-state index contributed by atoms with van der Waals surface area (Å²) in [6.45, 7) is 5.75. The minimum absolute atomic E-state index is 0.360.